The van der Waals surface area contributed by atoms with E-state index in [1.807, 2.05) is 42.5 Å². The van der Waals surface area contributed by atoms with Crippen molar-refractivity contribution in [1.82, 2.24) is 10.2 Å². The molecule has 0 saturated carbocycles. The number of likely N-dealkylation sites (tertiary alicyclic amines) is 1. The van der Waals surface area contributed by atoms with Crippen LogP contribution >= 0.6 is 0 Å². The molecule has 1 heterocycles. The quantitative estimate of drug-likeness (QED) is 0.893. The topological polar surface area (TPSA) is 75.4 Å². The van der Waals surface area contributed by atoms with Crippen LogP contribution in [-0.4, -0.2) is 42.4 Å². The van der Waals surface area contributed by atoms with Crippen molar-refractivity contribution in [3.05, 3.63) is 48.0 Å². The van der Waals surface area contributed by atoms with Crippen LogP contribution in [0.25, 0.3) is 10.8 Å². The predicted octanol–water partition coefficient (Wildman–Crippen LogP) is 1.45. The van der Waals surface area contributed by atoms with Gasteiger partial charge in [0.05, 0.1) is 13.0 Å². The van der Waals surface area contributed by atoms with Gasteiger partial charge in [0.2, 0.25) is 11.8 Å². The molecule has 1 unspecified atom stereocenters. The fourth-order valence-electron chi connectivity index (χ4n) is 3.20. The SMILES string of the molecule is NC1CCCN(C(=O)CNC(=O)Cc2cccc3ccccc23)C1. The maximum Gasteiger partial charge on any atom is 0.242 e. The zero-order valence-electron chi connectivity index (χ0n) is 13.7. The van der Waals surface area contributed by atoms with Gasteiger partial charge in [-0.2, -0.15) is 0 Å². The van der Waals surface area contributed by atoms with E-state index in [9.17, 15) is 9.59 Å². The first-order valence-corrected chi connectivity index (χ1v) is 8.40. The first-order valence-electron chi connectivity index (χ1n) is 8.40. The Morgan fingerprint density at radius 1 is 1.17 bits per heavy atom. The summed E-state index contributed by atoms with van der Waals surface area (Å²) in [5, 5.41) is 4.92. The molecule has 126 valence electrons. The van der Waals surface area contributed by atoms with Crippen LogP contribution in [0.1, 0.15) is 18.4 Å². The molecule has 3 N–H and O–H groups in total. The van der Waals surface area contributed by atoms with Crippen molar-refractivity contribution in [2.75, 3.05) is 19.6 Å². The van der Waals surface area contributed by atoms with Crippen molar-refractivity contribution in [2.45, 2.75) is 25.3 Å². The minimum atomic E-state index is -0.138. The van der Waals surface area contributed by atoms with Crippen molar-refractivity contribution in [1.29, 1.82) is 0 Å². The molecule has 0 spiro atoms. The number of fused-ring (bicyclic) bond motifs is 1. The van der Waals surface area contributed by atoms with Gasteiger partial charge in [-0.25, -0.2) is 0 Å². The predicted molar refractivity (Wildman–Crippen MR) is 94.5 cm³/mol. The third kappa shape index (κ3) is 3.92. The largest absolute Gasteiger partial charge is 0.347 e. The summed E-state index contributed by atoms with van der Waals surface area (Å²) in [5.41, 5.74) is 6.86. The Kier molecular flexibility index (Phi) is 5.11. The number of benzene rings is 2. The number of rotatable bonds is 4. The van der Waals surface area contributed by atoms with Crippen molar-refractivity contribution in [2.24, 2.45) is 5.73 Å². The zero-order chi connectivity index (χ0) is 16.9. The lowest BCUT2D eigenvalue weighted by Crippen LogP contribution is -2.49. The van der Waals surface area contributed by atoms with Crippen LogP contribution in [0.3, 0.4) is 0 Å². The van der Waals surface area contributed by atoms with Gasteiger partial charge in [0.15, 0.2) is 0 Å². The highest BCUT2D eigenvalue weighted by Crippen LogP contribution is 2.18. The van der Waals surface area contributed by atoms with Crippen LogP contribution in [0.4, 0.5) is 0 Å². The molecule has 24 heavy (non-hydrogen) atoms. The van der Waals surface area contributed by atoms with E-state index in [-0.39, 0.29) is 30.8 Å². The molecule has 2 amide bonds. The summed E-state index contributed by atoms with van der Waals surface area (Å²) in [6.07, 6.45) is 2.15. The Hall–Kier alpha value is -2.40. The van der Waals surface area contributed by atoms with Crippen molar-refractivity contribution in [3.63, 3.8) is 0 Å². The smallest absolute Gasteiger partial charge is 0.242 e. The van der Waals surface area contributed by atoms with Gasteiger partial charge in [-0.3, -0.25) is 9.59 Å². The molecule has 5 heteroatoms. The Labute approximate surface area is 141 Å². The van der Waals surface area contributed by atoms with Gasteiger partial charge in [-0.15, -0.1) is 0 Å². The lowest BCUT2D eigenvalue weighted by Gasteiger charge is -2.30. The van der Waals surface area contributed by atoms with Crippen LogP contribution in [0.5, 0.6) is 0 Å². The van der Waals surface area contributed by atoms with Gasteiger partial charge >= 0.3 is 0 Å². The molecule has 0 aliphatic carbocycles. The Bertz CT molecular complexity index is 739. The second-order valence-electron chi connectivity index (χ2n) is 6.33. The normalized spacial score (nSPS) is 17.7. The van der Waals surface area contributed by atoms with Gasteiger partial charge < -0.3 is 16.0 Å². The molecular weight excluding hydrogens is 302 g/mol. The molecule has 2 aromatic carbocycles. The van der Waals surface area contributed by atoms with Gasteiger partial charge in [-0.05, 0) is 29.2 Å². The summed E-state index contributed by atoms with van der Waals surface area (Å²) in [4.78, 5) is 26.1. The molecule has 0 aromatic heterocycles. The second kappa shape index (κ2) is 7.45. The molecule has 3 rings (SSSR count). The Balaban J connectivity index is 1.56. The molecular formula is C19H23N3O2. The zero-order valence-corrected chi connectivity index (χ0v) is 13.7. The van der Waals surface area contributed by atoms with E-state index in [4.69, 9.17) is 5.73 Å². The Morgan fingerprint density at radius 3 is 2.79 bits per heavy atom. The number of amides is 2. The van der Waals surface area contributed by atoms with E-state index in [2.05, 4.69) is 5.32 Å². The number of hydrogen-bond acceptors (Lipinski definition) is 3. The van der Waals surface area contributed by atoms with Crippen LogP contribution in [0.2, 0.25) is 0 Å². The van der Waals surface area contributed by atoms with Crippen molar-refractivity contribution < 1.29 is 9.59 Å². The molecule has 0 radical (unpaired) electrons. The van der Waals surface area contributed by atoms with Gasteiger partial charge in [0.25, 0.3) is 0 Å². The van der Waals surface area contributed by atoms with E-state index in [0.717, 1.165) is 35.7 Å². The molecule has 2 aromatic rings. The lowest BCUT2D eigenvalue weighted by molar-refractivity contribution is -0.133. The number of carbonyl (C=O) groups is 2. The summed E-state index contributed by atoms with van der Waals surface area (Å²) < 4.78 is 0. The van der Waals surface area contributed by atoms with Gasteiger partial charge in [0, 0.05) is 19.1 Å². The fraction of sp³-hybridized carbons (Fsp3) is 0.368. The summed E-state index contributed by atoms with van der Waals surface area (Å²) >= 11 is 0. The second-order valence-corrected chi connectivity index (χ2v) is 6.33. The molecule has 0 bridgehead atoms. The van der Waals surface area contributed by atoms with Gasteiger partial charge in [0.1, 0.15) is 0 Å². The highest BCUT2D eigenvalue weighted by atomic mass is 16.2. The van der Waals surface area contributed by atoms with E-state index < -0.39 is 0 Å². The number of nitrogens with two attached hydrogens (primary N) is 1. The van der Waals surface area contributed by atoms with Crippen LogP contribution in [-0.2, 0) is 16.0 Å². The minimum absolute atomic E-state index is 0.0380. The maximum atomic E-state index is 12.2. The third-order valence-electron chi connectivity index (χ3n) is 4.48. The number of nitrogens with zero attached hydrogens (tertiary/aromatic N) is 1. The number of piperidine rings is 1. The minimum Gasteiger partial charge on any atom is -0.347 e. The first-order chi connectivity index (χ1) is 11.6. The lowest BCUT2D eigenvalue weighted by atomic mass is 10.0. The monoisotopic (exact) mass is 325 g/mol. The average Bonchev–Trinajstić information content (AvgIpc) is 2.60. The molecule has 1 aliphatic rings. The molecule has 1 saturated heterocycles. The van der Waals surface area contributed by atoms with Crippen LogP contribution in [0, 0.1) is 0 Å². The van der Waals surface area contributed by atoms with Crippen LogP contribution < -0.4 is 11.1 Å². The van der Waals surface area contributed by atoms with E-state index in [0.29, 0.717) is 6.54 Å². The average molecular weight is 325 g/mol. The van der Waals surface area contributed by atoms with E-state index >= 15 is 0 Å². The van der Waals surface area contributed by atoms with Crippen LogP contribution in [0.15, 0.2) is 42.5 Å². The summed E-state index contributed by atoms with van der Waals surface area (Å²) in [6, 6.07) is 14.0. The highest BCUT2D eigenvalue weighted by Gasteiger charge is 2.21. The summed E-state index contributed by atoms with van der Waals surface area (Å²) in [5.74, 6) is -0.197. The van der Waals surface area contributed by atoms with Crippen molar-refractivity contribution >= 4 is 22.6 Å². The molecule has 1 aliphatic heterocycles. The highest BCUT2D eigenvalue weighted by molar-refractivity contribution is 5.91. The fourth-order valence-corrected chi connectivity index (χ4v) is 3.20. The summed E-state index contributed by atoms with van der Waals surface area (Å²) in [6.45, 7) is 1.35. The summed E-state index contributed by atoms with van der Waals surface area (Å²) in [7, 11) is 0. The molecule has 1 atom stereocenters. The standard InChI is InChI=1S/C19H23N3O2/c20-16-8-4-10-22(13-16)19(24)12-21-18(23)11-15-7-3-6-14-5-1-2-9-17(14)15/h1-3,5-7,9,16H,4,8,10-13,20H2,(H,21,23). The number of carbonyl (C=O) groups excluding carboxylic acids is 2. The van der Waals surface area contributed by atoms with E-state index in [1.165, 1.54) is 0 Å². The number of nitrogens with one attached hydrogen (secondary N) is 1. The first kappa shape index (κ1) is 16.5. The third-order valence-corrected chi connectivity index (χ3v) is 4.48. The van der Waals surface area contributed by atoms with Crippen molar-refractivity contribution in [3.8, 4) is 0 Å². The van der Waals surface area contributed by atoms with E-state index in [1.54, 1.807) is 4.90 Å². The molecule has 1 fully saturated rings. The molecule has 5 nitrogen and oxygen atoms in total. The Morgan fingerprint density at radius 2 is 1.96 bits per heavy atom. The number of hydrogen-bond donors (Lipinski definition) is 2. The maximum absolute atomic E-state index is 12.2. The van der Waals surface area contributed by atoms with Gasteiger partial charge in [-0.1, -0.05) is 42.5 Å².